The van der Waals surface area contributed by atoms with Crippen LogP contribution in [0.1, 0.15) is 62.6 Å². The van der Waals surface area contributed by atoms with Crippen molar-refractivity contribution in [2.24, 2.45) is 17.8 Å². The molecule has 6 rings (SSSR count). The lowest BCUT2D eigenvalue weighted by Crippen LogP contribution is -2.48. The highest BCUT2D eigenvalue weighted by Crippen LogP contribution is 2.60. The zero-order valence-electron chi connectivity index (χ0n) is 21.7. The highest BCUT2D eigenvalue weighted by atomic mass is 32.2. The Kier molecular flexibility index (Phi) is 6.67. The number of hydrogen-bond acceptors (Lipinski definition) is 5. The van der Waals surface area contributed by atoms with Crippen LogP contribution in [0.4, 0.5) is 5.69 Å². The number of carbonyl (C=O) groups excluding carboxylic acids is 1. The molecule has 4 fully saturated rings. The number of hydrogen-bond donors (Lipinski definition) is 1. The highest BCUT2D eigenvalue weighted by Gasteiger charge is 2.51. The van der Waals surface area contributed by atoms with E-state index in [-0.39, 0.29) is 16.9 Å². The Morgan fingerprint density at radius 2 is 1.41 bits per heavy atom. The monoisotopic (exact) mass is 544 g/mol. The van der Waals surface area contributed by atoms with Crippen LogP contribution in [0.3, 0.4) is 0 Å². The molecule has 1 N–H and O–H groups in total. The molecule has 0 aliphatic heterocycles. The van der Waals surface area contributed by atoms with Gasteiger partial charge in [0.1, 0.15) is 6.54 Å². The molecule has 1 atom stereocenters. The summed E-state index contributed by atoms with van der Waals surface area (Å²) < 4.78 is 49.8. The predicted octanol–water partition coefficient (Wildman–Crippen LogP) is 4.20. The van der Waals surface area contributed by atoms with Crippen LogP contribution in [0.25, 0.3) is 0 Å². The molecule has 37 heavy (non-hydrogen) atoms. The van der Waals surface area contributed by atoms with Crippen molar-refractivity contribution < 1.29 is 21.6 Å². The molecule has 0 aromatic heterocycles. The van der Waals surface area contributed by atoms with Crippen LogP contribution < -0.4 is 9.62 Å². The van der Waals surface area contributed by atoms with Crippen LogP contribution in [0.15, 0.2) is 53.4 Å². The van der Waals surface area contributed by atoms with Crippen molar-refractivity contribution in [2.75, 3.05) is 23.4 Å². The van der Waals surface area contributed by atoms with Crippen LogP contribution in [0, 0.1) is 17.8 Å². The summed E-state index contributed by atoms with van der Waals surface area (Å²) in [4.78, 5) is 13.1. The normalized spacial score (nSPS) is 27.6. The van der Waals surface area contributed by atoms with Gasteiger partial charge < -0.3 is 5.32 Å². The van der Waals surface area contributed by atoms with E-state index in [0.717, 1.165) is 40.1 Å². The summed E-state index contributed by atoms with van der Waals surface area (Å²) in [5.74, 6) is 2.04. The molecule has 4 bridgehead atoms. The number of carbonyl (C=O) groups is 1. The summed E-state index contributed by atoms with van der Waals surface area (Å²) in [5.41, 5.74) is 2.74. The summed E-state index contributed by atoms with van der Waals surface area (Å²) in [6, 6.07) is 13.7. The van der Waals surface area contributed by atoms with Crippen LogP contribution in [0.2, 0.25) is 0 Å². The molecule has 4 aliphatic rings. The molecule has 0 spiro atoms. The molecule has 4 saturated carbocycles. The zero-order valence-corrected chi connectivity index (χ0v) is 23.3. The molecule has 1 amide bonds. The van der Waals surface area contributed by atoms with Gasteiger partial charge in [-0.15, -0.1) is 0 Å². The molecule has 9 heteroatoms. The van der Waals surface area contributed by atoms with Crippen LogP contribution in [-0.4, -0.2) is 41.8 Å². The third-order valence-corrected chi connectivity index (χ3v) is 10.9. The van der Waals surface area contributed by atoms with E-state index in [1.54, 1.807) is 19.1 Å². The Labute approximate surface area is 220 Å². The van der Waals surface area contributed by atoms with Crippen molar-refractivity contribution in [2.45, 2.75) is 61.8 Å². The number of benzene rings is 2. The van der Waals surface area contributed by atoms with Gasteiger partial charge in [0.2, 0.25) is 15.9 Å². The molecule has 0 unspecified atom stereocenters. The van der Waals surface area contributed by atoms with E-state index in [2.05, 4.69) is 17.4 Å². The Bertz CT molecular complexity index is 1350. The molecular formula is C28H36N2O5S2. The molecule has 0 saturated heterocycles. The van der Waals surface area contributed by atoms with Gasteiger partial charge in [-0.2, -0.15) is 0 Å². The number of amides is 1. The Balaban J connectivity index is 1.29. The number of anilines is 1. The smallest absolute Gasteiger partial charge is 0.241 e. The molecule has 2 aromatic carbocycles. The number of nitrogens with one attached hydrogen (secondary N) is 1. The summed E-state index contributed by atoms with van der Waals surface area (Å²) >= 11 is 0. The fraction of sp³-hybridized carbons (Fsp3) is 0.536. The summed E-state index contributed by atoms with van der Waals surface area (Å²) in [5, 5.41) is 2.83. The number of rotatable bonds is 8. The summed E-state index contributed by atoms with van der Waals surface area (Å²) in [7, 11) is -7.00. The van der Waals surface area contributed by atoms with E-state index in [1.807, 2.05) is 12.1 Å². The van der Waals surface area contributed by atoms with Gasteiger partial charge in [0.15, 0.2) is 9.84 Å². The van der Waals surface area contributed by atoms with Gasteiger partial charge in [0.25, 0.3) is 0 Å². The van der Waals surface area contributed by atoms with Crippen molar-refractivity contribution in [3.05, 3.63) is 59.7 Å². The van der Waals surface area contributed by atoms with Gasteiger partial charge in [0.05, 0.1) is 22.9 Å². The molecule has 0 radical (unpaired) electrons. The lowest BCUT2D eigenvalue weighted by Gasteiger charge is -2.57. The highest BCUT2D eigenvalue weighted by molar-refractivity contribution is 7.92. The maximum atomic E-state index is 12.9. The Hall–Kier alpha value is -2.39. The predicted molar refractivity (Wildman–Crippen MR) is 145 cm³/mol. The molecule has 0 heterocycles. The SMILES string of the molecule is C[C@H](NC(=O)CN(c1ccc(C23CC4CC(CC(C4)C2)C3)cc1)S(C)(=O)=O)c1ccc(S(C)(=O)=O)cc1. The van der Waals surface area contributed by atoms with E-state index >= 15 is 0 Å². The van der Waals surface area contributed by atoms with Crippen LogP contribution in [0.5, 0.6) is 0 Å². The zero-order chi connectivity index (χ0) is 26.6. The topological polar surface area (TPSA) is 101 Å². The summed E-state index contributed by atoms with van der Waals surface area (Å²) in [6.07, 6.45) is 10.1. The third-order valence-electron chi connectivity index (χ3n) is 8.68. The minimum Gasteiger partial charge on any atom is -0.348 e. The summed E-state index contributed by atoms with van der Waals surface area (Å²) in [6.45, 7) is 1.44. The first-order valence-corrected chi connectivity index (χ1v) is 16.7. The molecular weight excluding hydrogens is 508 g/mol. The van der Waals surface area contributed by atoms with Gasteiger partial charge in [-0.3, -0.25) is 9.10 Å². The van der Waals surface area contributed by atoms with Gasteiger partial charge in [-0.25, -0.2) is 16.8 Å². The van der Waals surface area contributed by atoms with Crippen molar-refractivity contribution in [3.63, 3.8) is 0 Å². The van der Waals surface area contributed by atoms with Crippen molar-refractivity contribution in [1.29, 1.82) is 0 Å². The van der Waals surface area contributed by atoms with Crippen molar-refractivity contribution in [1.82, 2.24) is 5.32 Å². The fourth-order valence-electron chi connectivity index (χ4n) is 7.35. The maximum absolute atomic E-state index is 12.9. The van der Waals surface area contributed by atoms with Crippen molar-refractivity contribution in [3.8, 4) is 0 Å². The largest absolute Gasteiger partial charge is 0.348 e. The molecule has 4 aliphatic carbocycles. The van der Waals surface area contributed by atoms with Gasteiger partial charge >= 0.3 is 0 Å². The van der Waals surface area contributed by atoms with Gasteiger partial charge in [-0.05, 0) is 104 Å². The lowest BCUT2D eigenvalue weighted by atomic mass is 9.48. The number of nitrogens with zero attached hydrogens (tertiary/aromatic N) is 1. The van der Waals surface area contributed by atoms with E-state index in [9.17, 15) is 21.6 Å². The first-order valence-electron chi connectivity index (χ1n) is 13.0. The second-order valence-electron chi connectivity index (χ2n) is 11.6. The molecule has 200 valence electrons. The Morgan fingerprint density at radius 3 is 1.86 bits per heavy atom. The van der Waals surface area contributed by atoms with E-state index in [1.165, 1.54) is 56.2 Å². The van der Waals surface area contributed by atoms with Crippen LogP contribution >= 0.6 is 0 Å². The Morgan fingerprint density at radius 1 is 0.892 bits per heavy atom. The van der Waals surface area contributed by atoms with Gasteiger partial charge in [-0.1, -0.05) is 24.3 Å². The number of sulfonamides is 1. The minimum absolute atomic E-state index is 0.204. The van der Waals surface area contributed by atoms with E-state index in [4.69, 9.17) is 0 Å². The molecule has 2 aromatic rings. The van der Waals surface area contributed by atoms with E-state index in [0.29, 0.717) is 5.69 Å². The number of sulfone groups is 1. The first-order chi connectivity index (χ1) is 17.3. The second kappa shape index (κ2) is 9.42. The second-order valence-corrected chi connectivity index (χ2v) is 15.6. The third kappa shape index (κ3) is 5.43. The minimum atomic E-state index is -3.69. The average Bonchev–Trinajstić information content (AvgIpc) is 2.80. The van der Waals surface area contributed by atoms with Gasteiger partial charge in [0, 0.05) is 6.26 Å². The van der Waals surface area contributed by atoms with E-state index < -0.39 is 31.8 Å². The fourth-order valence-corrected chi connectivity index (χ4v) is 8.84. The van der Waals surface area contributed by atoms with Crippen LogP contribution in [-0.2, 0) is 30.1 Å². The maximum Gasteiger partial charge on any atom is 0.241 e. The average molecular weight is 545 g/mol. The van der Waals surface area contributed by atoms with Crippen molar-refractivity contribution >= 4 is 31.5 Å². The first kappa shape index (κ1) is 26.2. The quantitative estimate of drug-likeness (QED) is 0.537. The lowest BCUT2D eigenvalue weighted by molar-refractivity contribution is -0.120. The molecule has 7 nitrogen and oxygen atoms in total. The standard InChI is InChI=1S/C28H36N2O5S2/c1-19(23-4-10-26(11-5-23)36(2,32)33)29-27(31)18-30(37(3,34)35)25-8-6-24(7-9-25)28-15-20-12-21(16-28)14-22(13-20)17-28/h4-11,19-22H,12-18H2,1-3H3,(H,29,31)/t19-,20?,21?,22?,28?/m0/s1.